The largest absolute Gasteiger partial charge is 0.379 e. The molecule has 0 bridgehead atoms. The predicted molar refractivity (Wildman–Crippen MR) is 82.0 cm³/mol. The fraction of sp³-hybridized carbons (Fsp3) is 0.867. The van der Waals surface area contributed by atoms with Crippen LogP contribution in [0.15, 0.2) is 0 Å². The molecule has 0 aromatic carbocycles. The van der Waals surface area contributed by atoms with E-state index in [4.69, 9.17) is 4.74 Å². The predicted octanol–water partition coefficient (Wildman–Crippen LogP) is 0.474. The van der Waals surface area contributed by atoms with Gasteiger partial charge in [-0.3, -0.25) is 14.5 Å². The number of amides is 2. The van der Waals surface area contributed by atoms with Gasteiger partial charge in [-0.15, -0.1) is 0 Å². The second-order valence-electron chi connectivity index (χ2n) is 5.36. The van der Waals surface area contributed by atoms with Gasteiger partial charge in [-0.1, -0.05) is 13.8 Å². The average Bonchev–Trinajstić information content (AvgIpc) is 2.48. The molecule has 1 heterocycles. The SMILES string of the molecule is CCCN(CCC)C(=O)CC(=O)NCCN1CCOCC1. The van der Waals surface area contributed by atoms with Gasteiger partial charge in [-0.2, -0.15) is 0 Å². The molecule has 0 aromatic rings. The fourth-order valence-corrected chi connectivity index (χ4v) is 2.39. The Hall–Kier alpha value is -1.14. The molecule has 0 aliphatic carbocycles. The van der Waals surface area contributed by atoms with E-state index < -0.39 is 0 Å². The first-order chi connectivity index (χ1) is 10.2. The highest BCUT2D eigenvalue weighted by atomic mass is 16.5. The molecule has 0 atom stereocenters. The van der Waals surface area contributed by atoms with Gasteiger partial charge in [0, 0.05) is 39.3 Å². The lowest BCUT2D eigenvalue weighted by Crippen LogP contribution is -2.42. The number of carbonyl (C=O) groups is 2. The first-order valence-electron chi connectivity index (χ1n) is 8.02. The Balaban J connectivity index is 2.20. The summed E-state index contributed by atoms with van der Waals surface area (Å²) in [6, 6.07) is 0. The molecule has 1 N–H and O–H groups in total. The van der Waals surface area contributed by atoms with Gasteiger partial charge in [-0.05, 0) is 12.8 Å². The van der Waals surface area contributed by atoms with E-state index >= 15 is 0 Å². The molecule has 0 radical (unpaired) electrons. The topological polar surface area (TPSA) is 61.9 Å². The Morgan fingerprint density at radius 3 is 2.33 bits per heavy atom. The molecule has 0 spiro atoms. The van der Waals surface area contributed by atoms with Crippen LogP contribution in [0.25, 0.3) is 0 Å². The molecule has 1 rings (SSSR count). The molecular weight excluding hydrogens is 270 g/mol. The van der Waals surface area contributed by atoms with Crippen molar-refractivity contribution >= 4 is 11.8 Å². The third-order valence-corrected chi connectivity index (χ3v) is 3.51. The second kappa shape index (κ2) is 10.6. The lowest BCUT2D eigenvalue weighted by molar-refractivity contribution is -0.136. The highest BCUT2D eigenvalue weighted by Crippen LogP contribution is 1.99. The number of ether oxygens (including phenoxy) is 1. The lowest BCUT2D eigenvalue weighted by Gasteiger charge is -2.26. The van der Waals surface area contributed by atoms with E-state index in [9.17, 15) is 9.59 Å². The highest BCUT2D eigenvalue weighted by Gasteiger charge is 2.16. The van der Waals surface area contributed by atoms with E-state index in [1.54, 1.807) is 4.90 Å². The first kappa shape index (κ1) is 17.9. The van der Waals surface area contributed by atoms with Gasteiger partial charge in [-0.25, -0.2) is 0 Å². The zero-order valence-electron chi connectivity index (χ0n) is 13.4. The Morgan fingerprint density at radius 2 is 1.76 bits per heavy atom. The van der Waals surface area contributed by atoms with Crippen molar-refractivity contribution in [1.29, 1.82) is 0 Å². The summed E-state index contributed by atoms with van der Waals surface area (Å²) in [7, 11) is 0. The second-order valence-corrected chi connectivity index (χ2v) is 5.36. The Kier molecular flexibility index (Phi) is 9.01. The number of carbonyl (C=O) groups excluding carboxylic acids is 2. The van der Waals surface area contributed by atoms with Crippen molar-refractivity contribution in [3.63, 3.8) is 0 Å². The van der Waals surface area contributed by atoms with Crippen molar-refractivity contribution in [2.75, 3.05) is 52.5 Å². The molecule has 0 aromatic heterocycles. The van der Waals surface area contributed by atoms with Crippen LogP contribution in [0.1, 0.15) is 33.1 Å². The molecule has 21 heavy (non-hydrogen) atoms. The van der Waals surface area contributed by atoms with Gasteiger partial charge < -0.3 is 15.0 Å². The Morgan fingerprint density at radius 1 is 1.14 bits per heavy atom. The van der Waals surface area contributed by atoms with Crippen molar-refractivity contribution in [3.05, 3.63) is 0 Å². The van der Waals surface area contributed by atoms with Crippen LogP contribution in [0.2, 0.25) is 0 Å². The Bertz CT molecular complexity index is 311. The number of nitrogens with one attached hydrogen (secondary N) is 1. The lowest BCUT2D eigenvalue weighted by atomic mass is 10.3. The maximum atomic E-state index is 12.0. The third-order valence-electron chi connectivity index (χ3n) is 3.51. The summed E-state index contributed by atoms with van der Waals surface area (Å²) in [5.41, 5.74) is 0. The number of morpholine rings is 1. The van der Waals surface area contributed by atoms with Crippen molar-refractivity contribution in [2.24, 2.45) is 0 Å². The van der Waals surface area contributed by atoms with Crippen LogP contribution in [0, 0.1) is 0 Å². The number of nitrogens with zero attached hydrogens (tertiary/aromatic N) is 2. The van der Waals surface area contributed by atoms with E-state index in [2.05, 4.69) is 10.2 Å². The van der Waals surface area contributed by atoms with Crippen LogP contribution in [-0.4, -0.2) is 74.1 Å². The summed E-state index contributed by atoms with van der Waals surface area (Å²) in [5.74, 6) is -0.243. The molecule has 1 aliphatic heterocycles. The quantitative estimate of drug-likeness (QED) is 0.629. The zero-order valence-corrected chi connectivity index (χ0v) is 13.4. The zero-order chi connectivity index (χ0) is 15.5. The fourth-order valence-electron chi connectivity index (χ4n) is 2.39. The number of hydrogen-bond acceptors (Lipinski definition) is 4. The third kappa shape index (κ3) is 7.43. The van der Waals surface area contributed by atoms with Gasteiger partial charge in [0.2, 0.25) is 11.8 Å². The summed E-state index contributed by atoms with van der Waals surface area (Å²) in [6.07, 6.45) is 1.80. The van der Waals surface area contributed by atoms with Gasteiger partial charge in [0.05, 0.1) is 13.2 Å². The van der Waals surface area contributed by atoms with E-state index in [-0.39, 0.29) is 18.2 Å². The van der Waals surface area contributed by atoms with Gasteiger partial charge in [0.1, 0.15) is 6.42 Å². The minimum Gasteiger partial charge on any atom is -0.379 e. The normalized spacial score (nSPS) is 15.7. The molecule has 1 aliphatic rings. The van der Waals surface area contributed by atoms with Crippen molar-refractivity contribution < 1.29 is 14.3 Å². The Labute approximate surface area is 127 Å². The van der Waals surface area contributed by atoms with Crippen LogP contribution in [0.4, 0.5) is 0 Å². The molecule has 122 valence electrons. The average molecular weight is 299 g/mol. The van der Waals surface area contributed by atoms with E-state index in [1.807, 2.05) is 13.8 Å². The smallest absolute Gasteiger partial charge is 0.232 e. The summed E-state index contributed by atoms with van der Waals surface area (Å²) in [6.45, 7) is 10.3. The molecule has 6 heteroatoms. The molecule has 2 amide bonds. The van der Waals surface area contributed by atoms with Crippen LogP contribution in [0.3, 0.4) is 0 Å². The van der Waals surface area contributed by atoms with Crippen molar-refractivity contribution in [1.82, 2.24) is 15.1 Å². The van der Waals surface area contributed by atoms with Crippen LogP contribution >= 0.6 is 0 Å². The highest BCUT2D eigenvalue weighted by molar-refractivity contribution is 5.96. The van der Waals surface area contributed by atoms with E-state index in [1.165, 1.54) is 0 Å². The minimum absolute atomic E-state index is 0.0386. The molecule has 1 saturated heterocycles. The molecular formula is C15H29N3O3. The molecule has 1 fully saturated rings. The van der Waals surface area contributed by atoms with E-state index in [0.29, 0.717) is 6.54 Å². The molecule has 0 saturated carbocycles. The summed E-state index contributed by atoms with van der Waals surface area (Å²) in [4.78, 5) is 27.9. The van der Waals surface area contributed by atoms with Gasteiger partial charge in [0.15, 0.2) is 0 Å². The number of hydrogen-bond donors (Lipinski definition) is 1. The van der Waals surface area contributed by atoms with E-state index in [0.717, 1.165) is 58.8 Å². The van der Waals surface area contributed by atoms with Crippen LogP contribution in [0.5, 0.6) is 0 Å². The molecule has 6 nitrogen and oxygen atoms in total. The minimum atomic E-state index is -0.175. The maximum absolute atomic E-state index is 12.0. The van der Waals surface area contributed by atoms with Crippen LogP contribution in [-0.2, 0) is 14.3 Å². The van der Waals surface area contributed by atoms with Gasteiger partial charge >= 0.3 is 0 Å². The van der Waals surface area contributed by atoms with Crippen LogP contribution < -0.4 is 5.32 Å². The van der Waals surface area contributed by atoms with Gasteiger partial charge in [0.25, 0.3) is 0 Å². The van der Waals surface area contributed by atoms with Crippen molar-refractivity contribution in [3.8, 4) is 0 Å². The number of rotatable bonds is 9. The summed E-state index contributed by atoms with van der Waals surface area (Å²) < 4.78 is 5.27. The standard InChI is InChI=1S/C15H29N3O3/c1-3-6-18(7-4-2)15(20)13-14(19)16-5-8-17-9-11-21-12-10-17/h3-13H2,1-2H3,(H,16,19). The summed E-state index contributed by atoms with van der Waals surface area (Å²) >= 11 is 0. The monoisotopic (exact) mass is 299 g/mol. The summed E-state index contributed by atoms with van der Waals surface area (Å²) in [5, 5.41) is 2.83. The molecule has 0 unspecified atom stereocenters. The first-order valence-corrected chi connectivity index (χ1v) is 8.02. The van der Waals surface area contributed by atoms with Crippen molar-refractivity contribution in [2.45, 2.75) is 33.1 Å². The maximum Gasteiger partial charge on any atom is 0.232 e.